The van der Waals surface area contributed by atoms with Gasteiger partial charge in [0.1, 0.15) is 0 Å². The first-order valence-corrected chi connectivity index (χ1v) is 9.57. The number of rotatable bonds is 4. The van der Waals surface area contributed by atoms with Crippen LogP contribution in [0.1, 0.15) is 35.3 Å². The third-order valence-corrected chi connectivity index (χ3v) is 5.43. The fraction of sp³-hybridized carbons (Fsp3) is 0.429. The first kappa shape index (κ1) is 17.0. The van der Waals surface area contributed by atoms with Gasteiger partial charge in [0.2, 0.25) is 0 Å². The van der Waals surface area contributed by atoms with Crippen LogP contribution in [0.4, 0.5) is 5.69 Å². The summed E-state index contributed by atoms with van der Waals surface area (Å²) >= 11 is 0. The van der Waals surface area contributed by atoms with Gasteiger partial charge in [0.05, 0.1) is 17.8 Å². The van der Waals surface area contributed by atoms with Gasteiger partial charge in [-0.05, 0) is 50.1 Å². The summed E-state index contributed by atoms with van der Waals surface area (Å²) in [7, 11) is 0. The number of anilines is 1. The summed E-state index contributed by atoms with van der Waals surface area (Å²) in [5, 5.41) is 3.39. The minimum absolute atomic E-state index is 0.142. The Balaban J connectivity index is 1.48. The summed E-state index contributed by atoms with van der Waals surface area (Å²) in [5.41, 5.74) is 2.61. The summed E-state index contributed by atoms with van der Waals surface area (Å²) in [5.74, 6) is 0.142. The molecule has 0 unspecified atom stereocenters. The predicted octanol–water partition coefficient (Wildman–Crippen LogP) is 3.00. The van der Waals surface area contributed by atoms with E-state index in [1.165, 1.54) is 19.4 Å². The lowest BCUT2D eigenvalue weighted by Gasteiger charge is -2.26. The van der Waals surface area contributed by atoms with Crippen LogP contribution in [0.2, 0.25) is 0 Å². The largest absolute Gasteiger partial charge is 0.379 e. The Labute approximate surface area is 155 Å². The predicted molar refractivity (Wildman–Crippen MR) is 103 cm³/mol. The molecule has 0 radical (unpaired) electrons. The second-order valence-corrected chi connectivity index (χ2v) is 7.16. The minimum Gasteiger partial charge on any atom is -0.379 e. The van der Waals surface area contributed by atoms with Crippen molar-refractivity contribution in [1.29, 1.82) is 0 Å². The second-order valence-electron chi connectivity index (χ2n) is 7.16. The number of para-hydroxylation sites is 1. The van der Waals surface area contributed by atoms with Crippen molar-refractivity contribution in [2.75, 3.05) is 31.5 Å². The molecule has 2 aliphatic heterocycles. The number of benzene rings is 1. The Morgan fingerprint density at radius 2 is 1.92 bits per heavy atom. The lowest BCUT2D eigenvalue weighted by atomic mass is 10.1. The molecule has 5 nitrogen and oxygen atoms in total. The summed E-state index contributed by atoms with van der Waals surface area (Å²) in [4.78, 5) is 22.2. The third-order valence-electron chi connectivity index (χ3n) is 5.43. The number of amides is 1. The Morgan fingerprint density at radius 3 is 2.81 bits per heavy atom. The van der Waals surface area contributed by atoms with E-state index < -0.39 is 0 Å². The molecule has 1 aromatic heterocycles. The molecule has 0 aliphatic carbocycles. The maximum Gasteiger partial charge on any atom is 0.256 e. The van der Waals surface area contributed by atoms with Gasteiger partial charge in [-0.3, -0.25) is 14.7 Å². The molecule has 0 saturated carbocycles. The van der Waals surface area contributed by atoms with Crippen LogP contribution in [0.5, 0.6) is 0 Å². The van der Waals surface area contributed by atoms with Crippen molar-refractivity contribution in [1.82, 2.24) is 14.8 Å². The highest BCUT2D eigenvalue weighted by Crippen LogP contribution is 2.24. The molecule has 2 aromatic rings. The van der Waals surface area contributed by atoms with Crippen LogP contribution in [0.3, 0.4) is 0 Å². The maximum absolute atomic E-state index is 13.2. The van der Waals surface area contributed by atoms with Gasteiger partial charge in [-0.1, -0.05) is 18.2 Å². The Bertz CT molecular complexity index is 749. The van der Waals surface area contributed by atoms with Crippen molar-refractivity contribution < 1.29 is 4.79 Å². The summed E-state index contributed by atoms with van der Waals surface area (Å²) in [6.07, 6.45) is 5.32. The molecule has 2 fully saturated rings. The van der Waals surface area contributed by atoms with Gasteiger partial charge >= 0.3 is 0 Å². The zero-order valence-corrected chi connectivity index (χ0v) is 15.1. The van der Waals surface area contributed by atoms with Gasteiger partial charge in [-0.2, -0.15) is 0 Å². The van der Waals surface area contributed by atoms with E-state index in [2.05, 4.69) is 20.1 Å². The quantitative estimate of drug-likeness (QED) is 0.921. The molecule has 0 bridgehead atoms. The standard InChI is InChI=1S/C21H26N4O/c26-21(25-14-6-13-24-12-5-8-18(24)16-25)19-9-1-2-10-20(19)23-15-17-7-3-4-11-22-17/h1-4,7,9-11,18,23H,5-6,8,12-16H2/t18-/m0/s1. The van der Waals surface area contributed by atoms with E-state index in [0.29, 0.717) is 12.6 Å². The van der Waals surface area contributed by atoms with Crippen LogP contribution in [0, 0.1) is 0 Å². The molecule has 136 valence electrons. The van der Waals surface area contributed by atoms with Gasteiger partial charge in [0.15, 0.2) is 0 Å². The van der Waals surface area contributed by atoms with Gasteiger partial charge in [0, 0.05) is 37.6 Å². The van der Waals surface area contributed by atoms with E-state index in [4.69, 9.17) is 0 Å². The highest BCUT2D eigenvalue weighted by atomic mass is 16.2. The zero-order valence-electron chi connectivity index (χ0n) is 15.1. The fourth-order valence-electron chi connectivity index (χ4n) is 4.07. The summed E-state index contributed by atoms with van der Waals surface area (Å²) in [6.45, 7) is 4.62. The van der Waals surface area contributed by atoms with Crippen molar-refractivity contribution in [3.05, 3.63) is 59.9 Å². The highest BCUT2D eigenvalue weighted by molar-refractivity contribution is 5.99. The fourth-order valence-corrected chi connectivity index (χ4v) is 4.07. The van der Waals surface area contributed by atoms with Crippen LogP contribution < -0.4 is 5.32 Å². The number of hydrogen-bond donors (Lipinski definition) is 1. The lowest BCUT2D eigenvalue weighted by Crippen LogP contribution is -2.39. The number of carbonyl (C=O) groups is 1. The highest BCUT2D eigenvalue weighted by Gasteiger charge is 2.31. The number of fused-ring (bicyclic) bond motifs is 1. The van der Waals surface area contributed by atoms with Crippen molar-refractivity contribution >= 4 is 11.6 Å². The van der Waals surface area contributed by atoms with Crippen molar-refractivity contribution in [2.45, 2.75) is 31.8 Å². The molecule has 5 heteroatoms. The maximum atomic E-state index is 13.2. The Hall–Kier alpha value is -2.40. The molecule has 2 aliphatic rings. The molecule has 1 amide bonds. The molecule has 0 spiro atoms. The van der Waals surface area contributed by atoms with Gasteiger partial charge < -0.3 is 10.2 Å². The van der Waals surface area contributed by atoms with E-state index in [0.717, 1.165) is 43.0 Å². The first-order valence-electron chi connectivity index (χ1n) is 9.57. The molecule has 3 heterocycles. The summed E-state index contributed by atoms with van der Waals surface area (Å²) < 4.78 is 0. The van der Waals surface area contributed by atoms with Crippen LogP contribution in [-0.4, -0.2) is 52.9 Å². The van der Waals surface area contributed by atoms with E-state index >= 15 is 0 Å². The second kappa shape index (κ2) is 7.87. The zero-order chi connectivity index (χ0) is 17.8. The molecule has 1 atom stereocenters. The number of pyridine rings is 1. The SMILES string of the molecule is O=C(c1ccccc1NCc1ccccn1)N1CCCN2CCC[C@H]2C1. The number of nitrogens with zero attached hydrogens (tertiary/aromatic N) is 3. The molecule has 4 rings (SSSR count). The molecular formula is C21H26N4O. The third kappa shape index (κ3) is 3.73. The molecule has 26 heavy (non-hydrogen) atoms. The van der Waals surface area contributed by atoms with Gasteiger partial charge in [-0.25, -0.2) is 0 Å². The van der Waals surface area contributed by atoms with E-state index in [9.17, 15) is 4.79 Å². The van der Waals surface area contributed by atoms with Crippen molar-refractivity contribution in [3.8, 4) is 0 Å². The molecular weight excluding hydrogens is 324 g/mol. The van der Waals surface area contributed by atoms with Gasteiger partial charge in [0.25, 0.3) is 5.91 Å². The van der Waals surface area contributed by atoms with Crippen LogP contribution in [-0.2, 0) is 6.54 Å². The number of carbonyl (C=O) groups excluding carboxylic acids is 1. The van der Waals surface area contributed by atoms with Crippen molar-refractivity contribution in [3.63, 3.8) is 0 Å². The van der Waals surface area contributed by atoms with Crippen LogP contribution in [0.25, 0.3) is 0 Å². The summed E-state index contributed by atoms with van der Waals surface area (Å²) in [6, 6.07) is 14.2. The van der Waals surface area contributed by atoms with Crippen LogP contribution >= 0.6 is 0 Å². The Morgan fingerprint density at radius 1 is 1.08 bits per heavy atom. The number of nitrogens with one attached hydrogen (secondary N) is 1. The van der Waals surface area contributed by atoms with E-state index in [-0.39, 0.29) is 5.91 Å². The lowest BCUT2D eigenvalue weighted by molar-refractivity contribution is 0.0744. The van der Waals surface area contributed by atoms with E-state index in [1.807, 2.05) is 42.5 Å². The molecule has 1 N–H and O–H groups in total. The number of hydrogen-bond acceptors (Lipinski definition) is 4. The average Bonchev–Trinajstić information content (AvgIpc) is 3.03. The first-order chi connectivity index (χ1) is 12.8. The smallest absolute Gasteiger partial charge is 0.256 e. The molecule has 2 saturated heterocycles. The molecule has 1 aromatic carbocycles. The average molecular weight is 350 g/mol. The number of aromatic nitrogens is 1. The van der Waals surface area contributed by atoms with Gasteiger partial charge in [-0.15, -0.1) is 0 Å². The monoisotopic (exact) mass is 350 g/mol. The van der Waals surface area contributed by atoms with Crippen molar-refractivity contribution in [2.24, 2.45) is 0 Å². The minimum atomic E-state index is 0.142. The Kier molecular flexibility index (Phi) is 5.16. The topological polar surface area (TPSA) is 48.5 Å². The normalized spacial score (nSPS) is 20.5. The van der Waals surface area contributed by atoms with E-state index in [1.54, 1.807) is 6.20 Å². The van der Waals surface area contributed by atoms with Crippen LogP contribution in [0.15, 0.2) is 48.7 Å².